The van der Waals surface area contributed by atoms with Crippen LogP contribution in [0.15, 0.2) is 42.5 Å². The largest absolute Gasteiger partial charge is 0.356 e. The lowest BCUT2D eigenvalue weighted by atomic mass is 10.1. The summed E-state index contributed by atoms with van der Waals surface area (Å²) in [6.07, 6.45) is 1.74. The molecule has 162 valence electrons. The number of hydrogen-bond acceptors (Lipinski definition) is 5. The van der Waals surface area contributed by atoms with Gasteiger partial charge in [0.05, 0.1) is 21.9 Å². The SMILES string of the molecule is CS(=O)(=O)N(CCCC(=O)NCCc1ccc(F)cc1)c1cc([N+](=O)[O-])ccc1Cl. The zero-order valence-corrected chi connectivity index (χ0v) is 17.7. The molecule has 2 aromatic rings. The number of anilines is 1. The first kappa shape index (κ1) is 23.6. The molecule has 0 radical (unpaired) electrons. The molecule has 0 aliphatic carbocycles. The summed E-state index contributed by atoms with van der Waals surface area (Å²) in [5.74, 6) is -0.599. The quantitative estimate of drug-likeness (QED) is 0.435. The van der Waals surface area contributed by atoms with Crippen molar-refractivity contribution in [1.29, 1.82) is 0 Å². The molecule has 0 atom stereocenters. The lowest BCUT2D eigenvalue weighted by molar-refractivity contribution is -0.384. The van der Waals surface area contributed by atoms with Crippen molar-refractivity contribution in [2.24, 2.45) is 0 Å². The minimum absolute atomic E-state index is 0.00918. The molecule has 8 nitrogen and oxygen atoms in total. The van der Waals surface area contributed by atoms with E-state index in [4.69, 9.17) is 11.6 Å². The first-order valence-electron chi connectivity index (χ1n) is 9.00. The number of amides is 1. The lowest BCUT2D eigenvalue weighted by Crippen LogP contribution is -2.32. The van der Waals surface area contributed by atoms with E-state index in [0.29, 0.717) is 13.0 Å². The Kier molecular flexibility index (Phi) is 8.13. The van der Waals surface area contributed by atoms with Gasteiger partial charge in [-0.15, -0.1) is 0 Å². The van der Waals surface area contributed by atoms with Gasteiger partial charge in [0.25, 0.3) is 5.69 Å². The molecule has 0 heterocycles. The van der Waals surface area contributed by atoms with Gasteiger partial charge in [0.1, 0.15) is 5.82 Å². The number of nitro groups is 1. The zero-order valence-electron chi connectivity index (χ0n) is 16.2. The highest BCUT2D eigenvalue weighted by atomic mass is 35.5. The van der Waals surface area contributed by atoms with E-state index in [2.05, 4.69) is 5.32 Å². The second kappa shape index (κ2) is 10.4. The molecule has 0 aliphatic rings. The van der Waals surface area contributed by atoms with Crippen LogP contribution in [0.4, 0.5) is 15.8 Å². The van der Waals surface area contributed by atoms with E-state index in [1.807, 2.05) is 0 Å². The fourth-order valence-corrected chi connectivity index (χ4v) is 3.98. The van der Waals surface area contributed by atoms with Crippen molar-refractivity contribution in [2.45, 2.75) is 19.3 Å². The molecule has 11 heteroatoms. The number of nitrogens with zero attached hydrogens (tertiary/aromatic N) is 2. The smallest absolute Gasteiger partial charge is 0.271 e. The molecule has 0 spiro atoms. The number of nitro benzene ring substituents is 1. The minimum atomic E-state index is -3.77. The topological polar surface area (TPSA) is 110 Å². The van der Waals surface area contributed by atoms with Crippen LogP contribution >= 0.6 is 11.6 Å². The van der Waals surface area contributed by atoms with Gasteiger partial charge in [0, 0.05) is 31.6 Å². The molecule has 0 aliphatic heterocycles. The number of rotatable bonds is 10. The zero-order chi connectivity index (χ0) is 22.3. The van der Waals surface area contributed by atoms with E-state index >= 15 is 0 Å². The summed E-state index contributed by atoms with van der Waals surface area (Å²) in [5, 5.41) is 13.8. The summed E-state index contributed by atoms with van der Waals surface area (Å²) in [6.45, 7) is 0.294. The average Bonchev–Trinajstić information content (AvgIpc) is 2.66. The van der Waals surface area contributed by atoms with Crippen molar-refractivity contribution in [3.8, 4) is 0 Å². The number of hydrogen-bond donors (Lipinski definition) is 1. The Balaban J connectivity index is 1.92. The predicted molar refractivity (Wildman–Crippen MR) is 113 cm³/mol. The summed E-state index contributed by atoms with van der Waals surface area (Å²) in [6, 6.07) is 9.48. The molecular weight excluding hydrogens is 437 g/mol. The van der Waals surface area contributed by atoms with Gasteiger partial charge in [0.15, 0.2) is 0 Å². The van der Waals surface area contributed by atoms with E-state index in [1.165, 1.54) is 24.3 Å². The fourth-order valence-electron chi connectivity index (χ4n) is 2.74. The number of non-ortho nitro benzene ring substituents is 1. The van der Waals surface area contributed by atoms with E-state index in [1.54, 1.807) is 12.1 Å². The van der Waals surface area contributed by atoms with Gasteiger partial charge in [-0.1, -0.05) is 23.7 Å². The lowest BCUT2D eigenvalue weighted by Gasteiger charge is -2.23. The Morgan fingerprint density at radius 2 is 1.90 bits per heavy atom. The molecule has 1 N–H and O–H groups in total. The monoisotopic (exact) mass is 457 g/mol. The first-order chi connectivity index (χ1) is 14.1. The molecule has 0 fully saturated rings. The second-order valence-electron chi connectivity index (χ2n) is 6.56. The Hall–Kier alpha value is -2.72. The first-order valence-corrected chi connectivity index (χ1v) is 11.2. The maximum Gasteiger partial charge on any atom is 0.271 e. The summed E-state index contributed by atoms with van der Waals surface area (Å²) < 4.78 is 38.2. The molecule has 0 bridgehead atoms. The predicted octanol–water partition coefficient (Wildman–Crippen LogP) is 3.29. The fraction of sp³-hybridized carbons (Fsp3) is 0.316. The minimum Gasteiger partial charge on any atom is -0.356 e. The number of benzene rings is 2. The van der Waals surface area contributed by atoms with Crippen molar-refractivity contribution in [3.05, 3.63) is 69.0 Å². The van der Waals surface area contributed by atoms with Crippen LogP contribution < -0.4 is 9.62 Å². The molecule has 0 saturated carbocycles. The summed E-state index contributed by atoms with van der Waals surface area (Å²) in [7, 11) is -3.77. The van der Waals surface area contributed by atoms with Crippen LogP contribution in [0.3, 0.4) is 0 Å². The summed E-state index contributed by atoms with van der Waals surface area (Å²) >= 11 is 6.05. The standard InChI is InChI=1S/C19H21ClFN3O5S/c1-30(28,29)23(18-13-16(24(26)27)8-9-17(18)20)12-2-3-19(25)22-11-10-14-4-6-15(21)7-5-14/h4-9,13H,2-3,10-12H2,1H3,(H,22,25). The Morgan fingerprint density at radius 3 is 2.50 bits per heavy atom. The molecule has 30 heavy (non-hydrogen) atoms. The third-order valence-electron chi connectivity index (χ3n) is 4.22. The van der Waals surface area contributed by atoms with Gasteiger partial charge >= 0.3 is 0 Å². The molecular formula is C19H21ClFN3O5S. The Labute approximate surface area is 178 Å². The summed E-state index contributed by atoms with van der Waals surface area (Å²) in [4.78, 5) is 22.3. The van der Waals surface area contributed by atoms with Gasteiger partial charge in [-0.05, 0) is 36.6 Å². The number of carbonyl (C=O) groups excluding carboxylic acids is 1. The van der Waals surface area contributed by atoms with E-state index in [-0.39, 0.29) is 47.5 Å². The van der Waals surface area contributed by atoms with Gasteiger partial charge in [-0.2, -0.15) is 0 Å². The molecule has 2 aromatic carbocycles. The van der Waals surface area contributed by atoms with Crippen molar-refractivity contribution >= 4 is 38.9 Å². The van der Waals surface area contributed by atoms with Crippen molar-refractivity contribution < 1.29 is 22.5 Å². The number of sulfonamides is 1. The highest BCUT2D eigenvalue weighted by Crippen LogP contribution is 2.31. The van der Waals surface area contributed by atoms with Crippen molar-refractivity contribution in [2.75, 3.05) is 23.7 Å². The van der Waals surface area contributed by atoms with Crippen LogP contribution in [0.2, 0.25) is 5.02 Å². The van der Waals surface area contributed by atoms with Crippen LogP contribution in [0, 0.1) is 15.9 Å². The number of halogens is 2. The van der Waals surface area contributed by atoms with Crippen LogP contribution in [-0.4, -0.2) is 38.6 Å². The Bertz CT molecular complexity index is 1020. The second-order valence-corrected chi connectivity index (χ2v) is 8.87. The maximum absolute atomic E-state index is 12.9. The van der Waals surface area contributed by atoms with Crippen LogP contribution in [0.25, 0.3) is 0 Å². The van der Waals surface area contributed by atoms with E-state index in [0.717, 1.165) is 22.2 Å². The highest BCUT2D eigenvalue weighted by Gasteiger charge is 2.22. The number of carbonyl (C=O) groups is 1. The van der Waals surface area contributed by atoms with Gasteiger partial charge in [-0.25, -0.2) is 12.8 Å². The highest BCUT2D eigenvalue weighted by molar-refractivity contribution is 7.92. The average molecular weight is 458 g/mol. The van der Waals surface area contributed by atoms with Crippen LogP contribution in [0.1, 0.15) is 18.4 Å². The normalized spacial score (nSPS) is 11.2. The van der Waals surface area contributed by atoms with Crippen molar-refractivity contribution in [1.82, 2.24) is 5.32 Å². The maximum atomic E-state index is 12.9. The third-order valence-corrected chi connectivity index (χ3v) is 5.72. The Morgan fingerprint density at radius 1 is 1.23 bits per heavy atom. The van der Waals surface area contributed by atoms with E-state index < -0.39 is 14.9 Å². The molecule has 1 amide bonds. The van der Waals surface area contributed by atoms with Gasteiger partial charge < -0.3 is 5.32 Å². The molecule has 0 saturated heterocycles. The van der Waals surface area contributed by atoms with Gasteiger partial charge in [-0.3, -0.25) is 19.2 Å². The summed E-state index contributed by atoms with van der Waals surface area (Å²) in [5.41, 5.74) is 0.576. The van der Waals surface area contributed by atoms with Gasteiger partial charge in [0.2, 0.25) is 15.9 Å². The molecule has 0 unspecified atom stereocenters. The molecule has 2 rings (SSSR count). The number of nitrogens with one attached hydrogen (secondary N) is 1. The van der Waals surface area contributed by atoms with Crippen LogP contribution in [-0.2, 0) is 21.2 Å². The van der Waals surface area contributed by atoms with Crippen molar-refractivity contribution in [3.63, 3.8) is 0 Å². The van der Waals surface area contributed by atoms with E-state index in [9.17, 15) is 27.7 Å². The third kappa shape index (κ3) is 6.96. The van der Waals surface area contributed by atoms with Crippen LogP contribution in [0.5, 0.6) is 0 Å². The molecule has 0 aromatic heterocycles.